The molecule has 1 amide bonds. The van der Waals surface area contributed by atoms with Crippen LogP contribution in [0.1, 0.15) is 44.9 Å². The molecule has 4 rings (SSSR count). The molecule has 10 heteroatoms. The highest BCUT2D eigenvalue weighted by Gasteiger charge is 2.46. The van der Waals surface area contributed by atoms with Crippen molar-refractivity contribution in [1.82, 2.24) is 9.80 Å². The number of likely N-dealkylation sites (tertiary alicyclic amines) is 2. The highest BCUT2D eigenvalue weighted by Crippen LogP contribution is 2.37. The lowest BCUT2D eigenvalue weighted by molar-refractivity contribution is -0.192. The predicted octanol–water partition coefficient (Wildman–Crippen LogP) is 2.29. The maximum Gasteiger partial charge on any atom is 0.490 e. The molecule has 4 saturated heterocycles. The molecule has 4 aliphatic rings. The zero-order valence-corrected chi connectivity index (χ0v) is 17.2. The van der Waals surface area contributed by atoms with Gasteiger partial charge in [-0.1, -0.05) is 0 Å². The number of hydrogen-bond donors (Lipinski definition) is 1. The van der Waals surface area contributed by atoms with Gasteiger partial charge in [-0.2, -0.15) is 13.2 Å². The van der Waals surface area contributed by atoms with Gasteiger partial charge in [0.1, 0.15) is 0 Å². The third-order valence-electron chi connectivity index (χ3n) is 6.51. The maximum absolute atomic E-state index is 12.1. The molecule has 4 aliphatic heterocycles. The van der Waals surface area contributed by atoms with Gasteiger partial charge in [0.25, 0.3) is 0 Å². The van der Waals surface area contributed by atoms with E-state index in [1.54, 1.807) is 0 Å². The number of carboxylic acids is 1. The summed E-state index contributed by atoms with van der Waals surface area (Å²) >= 11 is 0. The van der Waals surface area contributed by atoms with Crippen molar-refractivity contribution >= 4 is 11.9 Å². The Morgan fingerprint density at radius 2 is 1.87 bits per heavy atom. The average Bonchev–Trinajstić information content (AvgIpc) is 3.29. The van der Waals surface area contributed by atoms with Crippen LogP contribution < -0.4 is 0 Å². The van der Waals surface area contributed by atoms with Gasteiger partial charge in [-0.3, -0.25) is 4.79 Å². The van der Waals surface area contributed by atoms with Crippen LogP contribution in [0, 0.1) is 5.92 Å². The van der Waals surface area contributed by atoms with Crippen molar-refractivity contribution in [2.45, 2.75) is 62.8 Å². The Bertz CT molecular complexity index is 612. The molecule has 4 fully saturated rings. The van der Waals surface area contributed by atoms with E-state index >= 15 is 0 Å². The second-order valence-electron chi connectivity index (χ2n) is 8.71. The Morgan fingerprint density at radius 1 is 1.17 bits per heavy atom. The van der Waals surface area contributed by atoms with Crippen molar-refractivity contribution in [2.75, 3.05) is 46.0 Å². The van der Waals surface area contributed by atoms with Crippen LogP contribution in [0.5, 0.6) is 0 Å². The molecule has 0 aliphatic carbocycles. The summed E-state index contributed by atoms with van der Waals surface area (Å²) in [5, 5.41) is 7.12. The summed E-state index contributed by atoms with van der Waals surface area (Å²) in [6.45, 7) is 7.05. The van der Waals surface area contributed by atoms with Crippen LogP contribution in [0.4, 0.5) is 13.2 Å². The van der Waals surface area contributed by atoms with Crippen LogP contribution in [-0.4, -0.2) is 90.6 Å². The minimum Gasteiger partial charge on any atom is -0.475 e. The van der Waals surface area contributed by atoms with Crippen LogP contribution in [-0.2, 0) is 19.1 Å². The van der Waals surface area contributed by atoms with Crippen molar-refractivity contribution in [2.24, 2.45) is 5.92 Å². The molecule has 0 aromatic carbocycles. The van der Waals surface area contributed by atoms with E-state index in [1.807, 2.05) is 0 Å². The minimum atomic E-state index is -5.08. The summed E-state index contributed by atoms with van der Waals surface area (Å²) in [5.41, 5.74) is 0.0109. The SMILES string of the molecule is O=C(O)C(F)(F)F.O=C1CCCN1[C@@H]1CCO[C@]2(CCN(CC3CCOCC3)C2)C1. The number of alkyl halides is 3. The molecule has 30 heavy (non-hydrogen) atoms. The molecule has 0 radical (unpaired) electrons. The second kappa shape index (κ2) is 9.82. The smallest absolute Gasteiger partial charge is 0.475 e. The third-order valence-corrected chi connectivity index (χ3v) is 6.51. The first-order valence-corrected chi connectivity index (χ1v) is 10.7. The Hall–Kier alpha value is -1.39. The average molecular weight is 436 g/mol. The van der Waals surface area contributed by atoms with Crippen molar-refractivity contribution in [1.29, 1.82) is 0 Å². The van der Waals surface area contributed by atoms with E-state index < -0.39 is 12.1 Å². The van der Waals surface area contributed by atoms with E-state index in [2.05, 4.69) is 9.80 Å². The van der Waals surface area contributed by atoms with Gasteiger partial charge in [-0.25, -0.2) is 4.79 Å². The fraction of sp³-hybridized carbons (Fsp3) is 0.900. The number of rotatable bonds is 3. The molecule has 0 aromatic rings. The lowest BCUT2D eigenvalue weighted by Gasteiger charge is -2.42. The first kappa shape index (κ1) is 23.3. The number of amides is 1. The lowest BCUT2D eigenvalue weighted by Crippen LogP contribution is -2.50. The largest absolute Gasteiger partial charge is 0.490 e. The normalized spacial score (nSPS) is 31.1. The molecule has 7 nitrogen and oxygen atoms in total. The van der Waals surface area contributed by atoms with Gasteiger partial charge in [-0.15, -0.1) is 0 Å². The quantitative estimate of drug-likeness (QED) is 0.732. The zero-order chi connectivity index (χ0) is 21.8. The van der Waals surface area contributed by atoms with Crippen LogP contribution in [0.25, 0.3) is 0 Å². The van der Waals surface area contributed by atoms with Gasteiger partial charge < -0.3 is 24.4 Å². The van der Waals surface area contributed by atoms with Gasteiger partial charge in [0, 0.05) is 58.5 Å². The second-order valence-corrected chi connectivity index (χ2v) is 8.71. The number of nitrogens with zero attached hydrogens (tertiary/aromatic N) is 2. The van der Waals surface area contributed by atoms with E-state index in [0.717, 1.165) is 77.5 Å². The fourth-order valence-corrected chi connectivity index (χ4v) is 4.98. The van der Waals surface area contributed by atoms with Crippen molar-refractivity contribution in [3.63, 3.8) is 0 Å². The number of halogens is 3. The number of carboxylic acid groups (broad SMARTS) is 1. The Labute approximate surface area is 174 Å². The molecular weight excluding hydrogens is 405 g/mol. The predicted molar refractivity (Wildman–Crippen MR) is 101 cm³/mol. The van der Waals surface area contributed by atoms with Gasteiger partial charge in [-0.05, 0) is 44.4 Å². The minimum absolute atomic E-state index is 0.0109. The molecule has 0 unspecified atom stereocenters. The summed E-state index contributed by atoms with van der Waals surface area (Å²) in [6, 6.07) is 0.418. The van der Waals surface area contributed by atoms with Gasteiger partial charge >= 0.3 is 12.1 Å². The molecular formula is C20H31F3N2O5. The van der Waals surface area contributed by atoms with Crippen molar-refractivity contribution in [3.05, 3.63) is 0 Å². The summed E-state index contributed by atoms with van der Waals surface area (Å²) in [6.07, 6.45) is 2.31. The number of carbonyl (C=O) groups excluding carboxylic acids is 1. The van der Waals surface area contributed by atoms with Crippen LogP contribution in [0.2, 0.25) is 0 Å². The molecule has 1 spiro atoms. The van der Waals surface area contributed by atoms with Crippen LogP contribution in [0.15, 0.2) is 0 Å². The summed E-state index contributed by atoms with van der Waals surface area (Å²) < 4.78 is 43.5. The summed E-state index contributed by atoms with van der Waals surface area (Å²) in [4.78, 5) is 25.7. The van der Waals surface area contributed by atoms with E-state index in [0.29, 0.717) is 11.9 Å². The monoisotopic (exact) mass is 436 g/mol. The number of hydrogen-bond acceptors (Lipinski definition) is 5. The lowest BCUT2D eigenvalue weighted by atomic mass is 9.88. The van der Waals surface area contributed by atoms with E-state index in [-0.39, 0.29) is 5.60 Å². The van der Waals surface area contributed by atoms with Gasteiger partial charge in [0.05, 0.1) is 5.60 Å². The van der Waals surface area contributed by atoms with Crippen LogP contribution in [0.3, 0.4) is 0 Å². The standard InChI is InChI=1S/C18H30N2O3.C2HF3O2/c21-17-2-1-7-20(17)16-5-11-23-18(12-16)6-8-19(14-18)13-15-3-9-22-10-4-15;3-2(4,5)1(6)7/h15-16H,1-14H2;(H,6,7)/t16-,18-;/m1./s1. The van der Waals surface area contributed by atoms with Crippen molar-refractivity contribution < 1.29 is 37.3 Å². The maximum atomic E-state index is 12.1. The molecule has 2 atom stereocenters. The zero-order valence-electron chi connectivity index (χ0n) is 17.2. The van der Waals surface area contributed by atoms with E-state index in [4.69, 9.17) is 19.4 Å². The highest BCUT2D eigenvalue weighted by atomic mass is 19.4. The third kappa shape index (κ3) is 6.07. The van der Waals surface area contributed by atoms with Gasteiger partial charge in [0.2, 0.25) is 5.91 Å². The molecule has 0 aromatic heterocycles. The first-order valence-electron chi connectivity index (χ1n) is 10.7. The summed E-state index contributed by atoms with van der Waals surface area (Å²) in [7, 11) is 0. The fourth-order valence-electron chi connectivity index (χ4n) is 4.98. The molecule has 4 heterocycles. The van der Waals surface area contributed by atoms with E-state index in [9.17, 15) is 18.0 Å². The Morgan fingerprint density at radius 3 is 2.47 bits per heavy atom. The molecule has 172 valence electrons. The van der Waals surface area contributed by atoms with Gasteiger partial charge in [0.15, 0.2) is 0 Å². The highest BCUT2D eigenvalue weighted by molar-refractivity contribution is 5.78. The van der Waals surface area contributed by atoms with Crippen LogP contribution >= 0.6 is 0 Å². The first-order chi connectivity index (χ1) is 14.2. The van der Waals surface area contributed by atoms with Crippen molar-refractivity contribution in [3.8, 4) is 0 Å². The summed E-state index contributed by atoms with van der Waals surface area (Å²) in [5.74, 6) is -1.60. The number of aliphatic carboxylic acids is 1. The number of ether oxygens (including phenoxy) is 2. The number of carbonyl (C=O) groups is 2. The Balaban J connectivity index is 0.000000318. The molecule has 1 N–H and O–H groups in total. The Kier molecular flexibility index (Phi) is 7.62. The molecule has 0 bridgehead atoms. The topological polar surface area (TPSA) is 79.3 Å². The molecule has 0 saturated carbocycles. The van der Waals surface area contributed by atoms with E-state index in [1.165, 1.54) is 19.4 Å².